The standard InChI is InChI=1S/C7H11NO/c1-4(2)6-5(3)7(9)8-6/h5-6H,1H2,2-3H3,(H,8,9)/t5-,6+/m1/s1. The van der Waals surface area contributed by atoms with Crippen molar-refractivity contribution < 1.29 is 4.79 Å². The van der Waals surface area contributed by atoms with Gasteiger partial charge in [-0.2, -0.15) is 0 Å². The fourth-order valence-electron chi connectivity index (χ4n) is 1.01. The summed E-state index contributed by atoms with van der Waals surface area (Å²) in [5, 5.41) is 2.75. The molecule has 50 valence electrons. The fourth-order valence-corrected chi connectivity index (χ4v) is 1.01. The zero-order valence-electron chi connectivity index (χ0n) is 5.77. The van der Waals surface area contributed by atoms with Gasteiger partial charge in [-0.3, -0.25) is 4.79 Å². The first-order valence-electron chi connectivity index (χ1n) is 3.08. The summed E-state index contributed by atoms with van der Waals surface area (Å²) in [4.78, 5) is 10.6. The third-order valence-electron chi connectivity index (χ3n) is 1.74. The smallest absolute Gasteiger partial charge is 0.225 e. The van der Waals surface area contributed by atoms with Crippen LogP contribution in [0.3, 0.4) is 0 Å². The summed E-state index contributed by atoms with van der Waals surface area (Å²) in [6, 6.07) is 0.234. The van der Waals surface area contributed by atoms with Crippen molar-refractivity contribution in [1.82, 2.24) is 5.32 Å². The zero-order chi connectivity index (χ0) is 7.02. The molecule has 2 atom stereocenters. The molecule has 0 radical (unpaired) electrons. The molecule has 0 bridgehead atoms. The Balaban J connectivity index is 2.51. The molecule has 0 aromatic heterocycles. The van der Waals surface area contributed by atoms with Crippen LogP contribution >= 0.6 is 0 Å². The van der Waals surface area contributed by atoms with Crippen molar-refractivity contribution in [3.05, 3.63) is 12.2 Å². The largest absolute Gasteiger partial charge is 0.349 e. The third-order valence-corrected chi connectivity index (χ3v) is 1.74. The molecule has 1 N–H and O–H groups in total. The summed E-state index contributed by atoms with van der Waals surface area (Å²) >= 11 is 0. The van der Waals surface area contributed by atoms with E-state index < -0.39 is 0 Å². The predicted molar refractivity (Wildman–Crippen MR) is 35.9 cm³/mol. The van der Waals surface area contributed by atoms with Gasteiger partial charge in [-0.1, -0.05) is 19.1 Å². The molecular weight excluding hydrogens is 114 g/mol. The molecule has 0 unspecified atom stereocenters. The summed E-state index contributed by atoms with van der Waals surface area (Å²) in [5.41, 5.74) is 1.04. The number of hydrogen-bond donors (Lipinski definition) is 1. The van der Waals surface area contributed by atoms with E-state index in [-0.39, 0.29) is 17.9 Å². The summed E-state index contributed by atoms with van der Waals surface area (Å²) in [6.45, 7) is 7.59. The lowest BCUT2D eigenvalue weighted by molar-refractivity contribution is -0.132. The molecule has 0 spiro atoms. The van der Waals surface area contributed by atoms with Crippen molar-refractivity contribution in [1.29, 1.82) is 0 Å². The quantitative estimate of drug-likeness (QED) is 0.405. The van der Waals surface area contributed by atoms with E-state index in [0.717, 1.165) is 5.57 Å². The third kappa shape index (κ3) is 0.846. The number of β-lactam (4-membered cyclic amide) rings is 1. The summed E-state index contributed by atoms with van der Waals surface area (Å²) < 4.78 is 0. The maximum absolute atomic E-state index is 10.6. The Kier molecular flexibility index (Phi) is 1.31. The number of nitrogens with one attached hydrogen (secondary N) is 1. The Labute approximate surface area is 54.9 Å². The average molecular weight is 125 g/mol. The molecule has 1 heterocycles. The topological polar surface area (TPSA) is 29.1 Å². The number of rotatable bonds is 1. The molecule has 1 rings (SSSR count). The maximum atomic E-state index is 10.6. The zero-order valence-corrected chi connectivity index (χ0v) is 5.77. The van der Waals surface area contributed by atoms with Gasteiger partial charge in [0.25, 0.3) is 0 Å². The van der Waals surface area contributed by atoms with Crippen LogP contribution < -0.4 is 5.32 Å². The van der Waals surface area contributed by atoms with Gasteiger partial charge in [-0.05, 0) is 6.92 Å². The Hall–Kier alpha value is -0.790. The second-order valence-electron chi connectivity index (χ2n) is 2.62. The van der Waals surface area contributed by atoms with E-state index in [0.29, 0.717) is 0 Å². The molecule has 1 aliphatic heterocycles. The highest BCUT2D eigenvalue weighted by molar-refractivity contribution is 5.86. The minimum absolute atomic E-state index is 0.141. The first-order valence-corrected chi connectivity index (χ1v) is 3.08. The van der Waals surface area contributed by atoms with E-state index in [1.54, 1.807) is 0 Å². The van der Waals surface area contributed by atoms with Gasteiger partial charge in [-0.15, -0.1) is 0 Å². The van der Waals surface area contributed by atoms with Crippen molar-refractivity contribution >= 4 is 5.91 Å². The normalized spacial score (nSPS) is 32.9. The minimum Gasteiger partial charge on any atom is -0.349 e. The lowest BCUT2D eigenvalue weighted by Gasteiger charge is -2.34. The molecule has 9 heavy (non-hydrogen) atoms. The molecule has 0 saturated carbocycles. The molecule has 2 heteroatoms. The van der Waals surface area contributed by atoms with Crippen LogP contribution in [0, 0.1) is 5.92 Å². The number of carbonyl (C=O) groups is 1. The van der Waals surface area contributed by atoms with Gasteiger partial charge in [0.15, 0.2) is 0 Å². The molecule has 1 fully saturated rings. The lowest BCUT2D eigenvalue weighted by atomic mass is 9.88. The minimum atomic E-state index is 0.141. The van der Waals surface area contributed by atoms with Crippen molar-refractivity contribution in [2.24, 2.45) is 5.92 Å². The fraction of sp³-hybridized carbons (Fsp3) is 0.571. The summed E-state index contributed by atoms with van der Waals surface area (Å²) in [7, 11) is 0. The lowest BCUT2D eigenvalue weighted by Crippen LogP contribution is -2.57. The van der Waals surface area contributed by atoms with E-state index >= 15 is 0 Å². The van der Waals surface area contributed by atoms with Gasteiger partial charge in [0.2, 0.25) is 5.91 Å². The highest BCUT2D eigenvalue weighted by Gasteiger charge is 2.35. The van der Waals surface area contributed by atoms with E-state index in [1.165, 1.54) is 0 Å². The van der Waals surface area contributed by atoms with E-state index in [4.69, 9.17) is 0 Å². The molecule has 1 saturated heterocycles. The van der Waals surface area contributed by atoms with Gasteiger partial charge in [-0.25, -0.2) is 0 Å². The molecule has 1 aliphatic rings. The van der Waals surface area contributed by atoms with Crippen LogP contribution in [0.15, 0.2) is 12.2 Å². The highest BCUT2D eigenvalue weighted by Crippen LogP contribution is 2.19. The van der Waals surface area contributed by atoms with Crippen molar-refractivity contribution in [2.75, 3.05) is 0 Å². The Bertz CT molecular complexity index is 162. The monoisotopic (exact) mass is 125 g/mol. The van der Waals surface area contributed by atoms with E-state index in [9.17, 15) is 4.79 Å². The summed E-state index contributed by atoms with van der Waals surface area (Å²) in [6.07, 6.45) is 0. The number of amides is 1. The Morgan fingerprint density at radius 3 is 2.44 bits per heavy atom. The van der Waals surface area contributed by atoms with Crippen LogP contribution in [-0.4, -0.2) is 11.9 Å². The molecule has 0 aliphatic carbocycles. The van der Waals surface area contributed by atoms with Gasteiger partial charge in [0, 0.05) is 0 Å². The van der Waals surface area contributed by atoms with Crippen molar-refractivity contribution in [2.45, 2.75) is 19.9 Å². The van der Waals surface area contributed by atoms with Gasteiger partial charge >= 0.3 is 0 Å². The van der Waals surface area contributed by atoms with Crippen LogP contribution in [0.5, 0.6) is 0 Å². The first kappa shape index (κ1) is 6.33. The Morgan fingerprint density at radius 1 is 1.78 bits per heavy atom. The van der Waals surface area contributed by atoms with Crippen LogP contribution in [-0.2, 0) is 4.79 Å². The second kappa shape index (κ2) is 1.87. The molecule has 1 amide bonds. The molecule has 2 nitrogen and oxygen atoms in total. The van der Waals surface area contributed by atoms with E-state index in [1.807, 2.05) is 13.8 Å². The van der Waals surface area contributed by atoms with Gasteiger partial charge < -0.3 is 5.32 Å². The summed E-state index contributed by atoms with van der Waals surface area (Å²) in [5.74, 6) is 0.283. The number of carbonyl (C=O) groups excluding carboxylic acids is 1. The Morgan fingerprint density at radius 2 is 2.33 bits per heavy atom. The molecule has 0 aromatic rings. The van der Waals surface area contributed by atoms with Crippen LogP contribution in [0.4, 0.5) is 0 Å². The average Bonchev–Trinajstić information content (AvgIpc) is 1.81. The number of hydrogen-bond acceptors (Lipinski definition) is 1. The van der Waals surface area contributed by atoms with Gasteiger partial charge in [0.1, 0.15) is 0 Å². The SMILES string of the molecule is C=C(C)[C@@H]1NC(=O)[C@@H]1C. The van der Waals surface area contributed by atoms with Gasteiger partial charge in [0.05, 0.1) is 12.0 Å². The molecule has 0 aromatic carbocycles. The highest BCUT2D eigenvalue weighted by atomic mass is 16.2. The molecular formula is C7H11NO. The predicted octanol–water partition coefficient (Wildman–Crippen LogP) is 0.697. The van der Waals surface area contributed by atoms with Crippen LogP contribution in [0.25, 0.3) is 0 Å². The van der Waals surface area contributed by atoms with E-state index in [2.05, 4.69) is 11.9 Å². The second-order valence-corrected chi connectivity index (χ2v) is 2.62. The van der Waals surface area contributed by atoms with Crippen molar-refractivity contribution in [3.8, 4) is 0 Å². The van der Waals surface area contributed by atoms with Crippen LogP contribution in [0.2, 0.25) is 0 Å². The maximum Gasteiger partial charge on any atom is 0.225 e. The van der Waals surface area contributed by atoms with Crippen molar-refractivity contribution in [3.63, 3.8) is 0 Å². The van der Waals surface area contributed by atoms with Crippen LogP contribution in [0.1, 0.15) is 13.8 Å². The first-order chi connectivity index (χ1) is 4.13.